The maximum atomic E-state index is 12.3. The van der Waals surface area contributed by atoms with Gasteiger partial charge in [0.2, 0.25) is 0 Å². The highest BCUT2D eigenvalue weighted by atomic mass is 35.5. The molecule has 0 aliphatic heterocycles. The van der Waals surface area contributed by atoms with Crippen LogP contribution >= 0.6 is 23.2 Å². The highest BCUT2D eigenvalue weighted by Crippen LogP contribution is 2.25. The minimum absolute atomic E-state index is 0.213. The summed E-state index contributed by atoms with van der Waals surface area (Å²) < 4.78 is 27.9. The molecule has 0 fully saturated rings. The van der Waals surface area contributed by atoms with Gasteiger partial charge in [0.1, 0.15) is 5.82 Å². The first-order chi connectivity index (χ1) is 17.7. The lowest BCUT2D eigenvalue weighted by atomic mass is 10.1. The Balaban J connectivity index is 1.80. The second-order valence-electron chi connectivity index (χ2n) is 8.24. The first kappa shape index (κ1) is 28.4. The van der Waals surface area contributed by atoms with Gasteiger partial charge in [-0.15, -0.1) is 0 Å². The Labute approximate surface area is 228 Å². The van der Waals surface area contributed by atoms with Gasteiger partial charge in [-0.1, -0.05) is 104 Å². The number of benzene rings is 2. The lowest BCUT2D eigenvalue weighted by Crippen LogP contribution is -2.27. The molecule has 0 spiro atoms. The van der Waals surface area contributed by atoms with E-state index in [-0.39, 0.29) is 5.15 Å². The third-order valence-corrected chi connectivity index (χ3v) is 7.06. The van der Waals surface area contributed by atoms with Gasteiger partial charge >= 0.3 is 0 Å². The van der Waals surface area contributed by atoms with Crippen LogP contribution in [0.3, 0.4) is 0 Å². The van der Waals surface area contributed by atoms with Crippen molar-refractivity contribution in [2.75, 3.05) is 0 Å². The van der Waals surface area contributed by atoms with Gasteiger partial charge in [-0.2, -0.15) is 0 Å². The van der Waals surface area contributed by atoms with Crippen molar-refractivity contribution in [1.82, 2.24) is 14.3 Å². The Kier molecular flexibility index (Phi) is 10.3. The van der Waals surface area contributed by atoms with Crippen LogP contribution in [0.1, 0.15) is 54.9 Å². The Hall–Kier alpha value is -3.13. The van der Waals surface area contributed by atoms with E-state index in [1.54, 1.807) is 0 Å². The van der Waals surface area contributed by atoms with Crippen molar-refractivity contribution >= 4 is 57.4 Å². The first-order valence-electron chi connectivity index (χ1n) is 11.9. The van der Waals surface area contributed by atoms with Crippen molar-refractivity contribution in [2.45, 2.75) is 39.7 Å². The molecule has 0 bridgehead atoms. The highest BCUT2D eigenvalue weighted by molar-refractivity contribution is 7.92. The van der Waals surface area contributed by atoms with Crippen molar-refractivity contribution in [3.63, 3.8) is 0 Å². The summed E-state index contributed by atoms with van der Waals surface area (Å²) in [7, 11) is -3.87. The molecule has 0 saturated heterocycles. The highest BCUT2D eigenvalue weighted by Gasteiger charge is 2.15. The molecule has 0 unspecified atom stereocenters. The van der Waals surface area contributed by atoms with Crippen molar-refractivity contribution in [3.8, 4) is 0 Å². The fraction of sp³-hybridized carbons (Fsp3) is 0.214. The number of hydrogen-bond donors (Lipinski definition) is 1. The van der Waals surface area contributed by atoms with Crippen LogP contribution in [0.25, 0.3) is 18.2 Å². The zero-order valence-electron chi connectivity index (χ0n) is 20.7. The van der Waals surface area contributed by atoms with Crippen LogP contribution < -0.4 is 4.72 Å². The molecule has 0 radical (unpaired) electrons. The standard InChI is InChI=1S/C28H29Cl2N3O3S/c1-3-5-9-18-37(35,36)32-27(34)17-16-25-28(30)31-26(4-2)33(25)20-23-15-14-22(19-24(23)29)13-12-21-10-7-6-8-11-21/h6-19H,3-5,20H2,1-2H3,(H,32,34)/b13-12?,17-16+,18-9+. The van der Waals surface area contributed by atoms with Crippen LogP contribution in [0.15, 0.2) is 66.1 Å². The molecule has 1 amide bonds. The summed E-state index contributed by atoms with van der Waals surface area (Å²) in [6, 6.07) is 15.8. The van der Waals surface area contributed by atoms with E-state index in [1.807, 2.05) is 83.8 Å². The number of sulfonamides is 1. The normalized spacial score (nSPS) is 12.2. The zero-order chi connectivity index (χ0) is 26.8. The van der Waals surface area contributed by atoms with Crippen LogP contribution in [-0.2, 0) is 27.8 Å². The summed E-state index contributed by atoms with van der Waals surface area (Å²) in [5, 5.41) is 1.79. The van der Waals surface area contributed by atoms with Crippen molar-refractivity contribution in [3.05, 3.63) is 104 Å². The van der Waals surface area contributed by atoms with Gasteiger partial charge in [-0.25, -0.2) is 18.1 Å². The average molecular weight is 559 g/mol. The number of carbonyl (C=O) groups excluding carboxylic acids is 1. The smallest absolute Gasteiger partial charge is 0.257 e. The van der Waals surface area contributed by atoms with E-state index >= 15 is 0 Å². The third-order valence-electron chi connectivity index (χ3n) is 5.40. The molecule has 6 nitrogen and oxygen atoms in total. The minimum Gasteiger partial charge on any atom is -0.323 e. The second-order valence-corrected chi connectivity index (χ2v) is 10.6. The van der Waals surface area contributed by atoms with Crippen molar-refractivity contribution in [2.24, 2.45) is 0 Å². The topological polar surface area (TPSA) is 81.1 Å². The molecule has 1 heterocycles. The number of halogens is 2. The number of nitrogens with zero attached hydrogens (tertiary/aromatic N) is 2. The number of aromatic nitrogens is 2. The predicted molar refractivity (Wildman–Crippen MR) is 153 cm³/mol. The zero-order valence-corrected chi connectivity index (χ0v) is 23.0. The van der Waals surface area contributed by atoms with Gasteiger partial charge in [0.25, 0.3) is 15.9 Å². The molecule has 1 N–H and O–H groups in total. The Morgan fingerprint density at radius 2 is 1.76 bits per heavy atom. The Morgan fingerprint density at radius 1 is 1.03 bits per heavy atom. The number of hydrogen-bond acceptors (Lipinski definition) is 4. The van der Waals surface area contributed by atoms with Gasteiger partial charge in [-0.3, -0.25) is 4.79 Å². The lowest BCUT2D eigenvalue weighted by molar-refractivity contribution is -0.114. The number of amides is 1. The molecule has 1 aromatic heterocycles. The molecule has 37 heavy (non-hydrogen) atoms. The number of unbranched alkanes of at least 4 members (excludes halogenated alkanes) is 1. The van der Waals surface area contributed by atoms with Gasteiger partial charge in [-0.05, 0) is 35.3 Å². The molecule has 0 atom stereocenters. The third kappa shape index (κ3) is 8.45. The van der Waals surface area contributed by atoms with Crippen LogP contribution in [-0.4, -0.2) is 23.9 Å². The fourth-order valence-electron chi connectivity index (χ4n) is 3.53. The summed E-state index contributed by atoms with van der Waals surface area (Å²) in [6.45, 7) is 4.26. The van der Waals surface area contributed by atoms with E-state index in [9.17, 15) is 13.2 Å². The number of carbonyl (C=O) groups is 1. The molecule has 194 valence electrons. The number of nitrogens with one attached hydrogen (secondary N) is 1. The largest absolute Gasteiger partial charge is 0.323 e. The SMILES string of the molecule is CCC/C=C/S(=O)(=O)NC(=O)/C=C/c1c(Cl)nc(CC)n1Cc1ccc(C=Cc2ccccc2)cc1Cl. The van der Waals surface area contributed by atoms with E-state index in [1.165, 1.54) is 12.2 Å². The van der Waals surface area contributed by atoms with E-state index < -0.39 is 15.9 Å². The molecule has 9 heteroatoms. The summed E-state index contributed by atoms with van der Waals surface area (Å²) >= 11 is 13.0. The minimum atomic E-state index is -3.87. The van der Waals surface area contributed by atoms with E-state index in [4.69, 9.17) is 23.2 Å². The Morgan fingerprint density at radius 3 is 2.43 bits per heavy atom. The molecule has 0 aliphatic carbocycles. The van der Waals surface area contributed by atoms with Gasteiger partial charge < -0.3 is 4.57 Å². The summed E-state index contributed by atoms with van der Waals surface area (Å²) in [4.78, 5) is 16.7. The second kappa shape index (κ2) is 13.4. The lowest BCUT2D eigenvalue weighted by Gasteiger charge is -2.12. The molecule has 2 aromatic carbocycles. The van der Waals surface area contributed by atoms with Crippen molar-refractivity contribution in [1.29, 1.82) is 0 Å². The number of imidazole rings is 1. The fourth-order valence-corrected chi connectivity index (χ4v) is 4.85. The molecule has 0 saturated carbocycles. The number of aryl methyl sites for hydroxylation is 1. The van der Waals surface area contributed by atoms with Crippen LogP contribution in [0.5, 0.6) is 0 Å². The number of allylic oxidation sites excluding steroid dienone is 1. The molecule has 3 aromatic rings. The molecule has 3 rings (SSSR count). The number of rotatable bonds is 11. The first-order valence-corrected chi connectivity index (χ1v) is 14.2. The molecule has 0 aliphatic rings. The maximum absolute atomic E-state index is 12.3. The van der Waals surface area contributed by atoms with Gasteiger partial charge in [0.15, 0.2) is 5.15 Å². The van der Waals surface area contributed by atoms with Crippen LogP contribution in [0, 0.1) is 0 Å². The predicted octanol–water partition coefficient (Wildman–Crippen LogP) is 6.74. The molecular weight excluding hydrogens is 529 g/mol. The van der Waals surface area contributed by atoms with Crippen LogP contribution in [0.2, 0.25) is 10.2 Å². The van der Waals surface area contributed by atoms with Gasteiger partial charge in [0.05, 0.1) is 12.2 Å². The van der Waals surface area contributed by atoms with Crippen molar-refractivity contribution < 1.29 is 13.2 Å². The maximum Gasteiger partial charge on any atom is 0.257 e. The summed E-state index contributed by atoms with van der Waals surface area (Å²) in [5.74, 6) is -0.0695. The van der Waals surface area contributed by atoms with Crippen LogP contribution in [0.4, 0.5) is 0 Å². The van der Waals surface area contributed by atoms with E-state index in [0.29, 0.717) is 35.9 Å². The van der Waals surface area contributed by atoms with E-state index in [2.05, 4.69) is 4.98 Å². The van der Waals surface area contributed by atoms with E-state index in [0.717, 1.165) is 34.6 Å². The quantitative estimate of drug-likeness (QED) is 0.209. The summed E-state index contributed by atoms with van der Waals surface area (Å²) in [5.41, 5.74) is 3.39. The average Bonchev–Trinajstić information content (AvgIpc) is 3.17. The Bertz CT molecular complexity index is 1430. The molecular formula is C28H29Cl2N3O3S. The summed E-state index contributed by atoms with van der Waals surface area (Å²) in [6.07, 6.45) is 10.1. The monoisotopic (exact) mass is 557 g/mol. The van der Waals surface area contributed by atoms with Gasteiger partial charge in [0, 0.05) is 22.9 Å².